The fourth-order valence-electron chi connectivity index (χ4n) is 5.50. The van der Waals surface area contributed by atoms with Gasteiger partial charge in [0.25, 0.3) is 0 Å². The van der Waals surface area contributed by atoms with E-state index in [9.17, 15) is 9.59 Å². The minimum atomic E-state index is -0.687. The van der Waals surface area contributed by atoms with Crippen molar-refractivity contribution in [3.8, 4) is 0 Å². The third-order valence-corrected chi connectivity index (χ3v) is 6.97. The van der Waals surface area contributed by atoms with Gasteiger partial charge in [-0.15, -0.1) is 0 Å². The summed E-state index contributed by atoms with van der Waals surface area (Å²) >= 11 is 0. The number of aromatic nitrogens is 2. The van der Waals surface area contributed by atoms with Crippen LogP contribution < -0.4 is 5.32 Å². The number of fused-ring (bicyclic) bond motifs is 2. The van der Waals surface area contributed by atoms with E-state index in [2.05, 4.69) is 21.4 Å². The van der Waals surface area contributed by atoms with Gasteiger partial charge >= 0.3 is 0 Å². The number of amides is 2. The van der Waals surface area contributed by atoms with E-state index in [1.165, 1.54) is 10.9 Å². The number of nitrogens with zero attached hydrogens (tertiary/aromatic N) is 2. The van der Waals surface area contributed by atoms with Crippen LogP contribution in [0.1, 0.15) is 11.1 Å². The lowest BCUT2D eigenvalue weighted by molar-refractivity contribution is -0.137. The molecule has 2 aromatic heterocycles. The second-order valence-electron chi connectivity index (χ2n) is 8.85. The molecule has 2 bridgehead atoms. The van der Waals surface area contributed by atoms with Gasteiger partial charge in [-0.1, -0.05) is 30.4 Å². The van der Waals surface area contributed by atoms with Gasteiger partial charge in [0.2, 0.25) is 11.8 Å². The average Bonchev–Trinajstić information content (AvgIpc) is 3.55. The molecule has 0 unspecified atom stereocenters. The van der Waals surface area contributed by atoms with E-state index in [-0.39, 0.29) is 17.9 Å². The van der Waals surface area contributed by atoms with Crippen LogP contribution in [0, 0.1) is 11.8 Å². The molecule has 162 valence electrons. The van der Waals surface area contributed by atoms with Gasteiger partial charge in [-0.3, -0.25) is 14.6 Å². The van der Waals surface area contributed by atoms with Crippen molar-refractivity contribution in [1.82, 2.24) is 20.2 Å². The maximum absolute atomic E-state index is 13.3. The number of carbonyl (C=O) groups is 2. The highest BCUT2D eigenvalue weighted by Gasteiger charge is 2.66. The maximum atomic E-state index is 13.3. The summed E-state index contributed by atoms with van der Waals surface area (Å²) in [5.74, 6) is -1.07. The van der Waals surface area contributed by atoms with Gasteiger partial charge in [-0.25, -0.2) is 0 Å². The molecule has 5 heterocycles. The maximum Gasteiger partial charge on any atom is 0.230 e. The fraction of sp³-hybridized carbons (Fsp3) is 0.320. The van der Waals surface area contributed by atoms with Gasteiger partial charge in [0.15, 0.2) is 0 Å². The van der Waals surface area contributed by atoms with Crippen LogP contribution in [0.25, 0.3) is 10.9 Å². The largest absolute Gasteiger partial charge is 0.361 e. The highest BCUT2D eigenvalue weighted by atomic mass is 16.5. The molecular weight excluding hydrogens is 404 g/mol. The number of aromatic amines is 1. The minimum Gasteiger partial charge on any atom is -0.361 e. The lowest BCUT2D eigenvalue weighted by atomic mass is 9.77. The van der Waals surface area contributed by atoms with E-state index in [0.29, 0.717) is 19.6 Å². The number of carbonyl (C=O) groups excluding carboxylic acids is 2. The molecule has 7 nitrogen and oxygen atoms in total. The summed E-state index contributed by atoms with van der Waals surface area (Å²) in [6.45, 7) is 1.49. The highest BCUT2D eigenvalue weighted by Crippen LogP contribution is 2.52. The number of rotatable bonds is 6. The van der Waals surface area contributed by atoms with Crippen molar-refractivity contribution in [3.05, 3.63) is 78.3 Å². The number of nitrogens with one attached hydrogen (secondary N) is 2. The molecule has 3 aliphatic heterocycles. The van der Waals surface area contributed by atoms with Gasteiger partial charge < -0.3 is 19.9 Å². The third-order valence-electron chi connectivity index (χ3n) is 6.97. The van der Waals surface area contributed by atoms with E-state index in [0.717, 1.165) is 17.5 Å². The van der Waals surface area contributed by atoms with Crippen LogP contribution in [0.2, 0.25) is 0 Å². The molecule has 6 rings (SSSR count). The molecule has 1 aromatic carbocycles. The Morgan fingerprint density at radius 1 is 1.25 bits per heavy atom. The zero-order chi connectivity index (χ0) is 21.7. The number of hydrogen-bond acceptors (Lipinski definition) is 4. The van der Waals surface area contributed by atoms with Crippen molar-refractivity contribution in [2.75, 3.05) is 13.1 Å². The number of pyridine rings is 1. The summed E-state index contributed by atoms with van der Waals surface area (Å²) in [6, 6.07) is 11.9. The average molecular weight is 428 g/mol. The first-order valence-electron chi connectivity index (χ1n) is 11.0. The second-order valence-corrected chi connectivity index (χ2v) is 8.85. The molecule has 2 N–H and O–H groups in total. The monoisotopic (exact) mass is 428 g/mol. The van der Waals surface area contributed by atoms with Gasteiger partial charge in [0.05, 0.1) is 24.5 Å². The summed E-state index contributed by atoms with van der Waals surface area (Å²) in [5, 5.41) is 4.23. The summed E-state index contributed by atoms with van der Waals surface area (Å²) in [5.41, 5.74) is 2.59. The van der Waals surface area contributed by atoms with E-state index < -0.39 is 17.4 Å². The first-order valence-corrected chi connectivity index (χ1v) is 11.0. The number of hydrogen-bond donors (Lipinski definition) is 2. The molecule has 1 spiro atoms. The van der Waals surface area contributed by atoms with Gasteiger partial charge in [0, 0.05) is 42.6 Å². The van der Waals surface area contributed by atoms with Crippen molar-refractivity contribution >= 4 is 22.7 Å². The lowest BCUT2D eigenvalue weighted by Crippen LogP contribution is -2.44. The summed E-state index contributed by atoms with van der Waals surface area (Å²) < 4.78 is 6.21. The van der Waals surface area contributed by atoms with E-state index in [4.69, 9.17) is 4.74 Å². The molecule has 0 saturated carbocycles. The van der Waals surface area contributed by atoms with E-state index >= 15 is 0 Å². The Kier molecular flexibility index (Phi) is 4.40. The standard InChI is InChI=1S/C25H24N4O3/c30-23(27-12-8-17-13-28-19-4-2-1-3-18(17)19)21-20-5-9-25(32-20)15-29(24(31)22(21)25)14-16-6-10-26-11-7-16/h1-7,9-11,13,20-22,28H,8,12,14-15H2,(H,27,30)/t20-,21-,22-,25-/m1/s1. The van der Waals surface area contributed by atoms with Crippen molar-refractivity contribution in [3.63, 3.8) is 0 Å². The lowest BCUT2D eigenvalue weighted by Gasteiger charge is -2.23. The zero-order valence-electron chi connectivity index (χ0n) is 17.5. The van der Waals surface area contributed by atoms with Gasteiger partial charge in [-0.2, -0.15) is 0 Å². The Hall–Kier alpha value is -3.45. The summed E-state index contributed by atoms with van der Waals surface area (Å²) in [6.07, 6.45) is 9.77. The SMILES string of the molecule is O=C(NCCc1c[nH]c2ccccc12)[C@@H]1[C@H]2C=C[C@]3(CN(Cc4ccncc4)C(=O)[C@@H]13)O2. The van der Waals surface area contributed by atoms with E-state index in [1.54, 1.807) is 17.3 Å². The molecule has 0 aliphatic carbocycles. The Bertz CT molecular complexity index is 1220. The van der Waals surface area contributed by atoms with Crippen molar-refractivity contribution in [1.29, 1.82) is 0 Å². The Morgan fingerprint density at radius 2 is 2.09 bits per heavy atom. The van der Waals surface area contributed by atoms with Crippen LogP contribution in [0.3, 0.4) is 0 Å². The second kappa shape index (κ2) is 7.31. The molecule has 3 aliphatic rings. The Morgan fingerprint density at radius 3 is 2.97 bits per heavy atom. The summed E-state index contributed by atoms with van der Waals surface area (Å²) in [4.78, 5) is 35.6. The smallest absolute Gasteiger partial charge is 0.230 e. The molecule has 2 fully saturated rings. The van der Waals surface area contributed by atoms with Crippen LogP contribution in [-0.2, 0) is 27.3 Å². The minimum absolute atomic E-state index is 0.00885. The molecule has 3 aromatic rings. The van der Waals surface area contributed by atoms with Crippen molar-refractivity contribution < 1.29 is 14.3 Å². The topological polar surface area (TPSA) is 87.3 Å². The fourth-order valence-corrected chi connectivity index (χ4v) is 5.50. The van der Waals surface area contributed by atoms with Crippen LogP contribution >= 0.6 is 0 Å². The van der Waals surface area contributed by atoms with E-state index in [1.807, 2.05) is 48.7 Å². The number of H-pyrrole nitrogens is 1. The molecule has 2 saturated heterocycles. The zero-order valence-corrected chi connectivity index (χ0v) is 17.5. The molecule has 0 radical (unpaired) electrons. The van der Waals surface area contributed by atoms with Gasteiger partial charge in [-0.05, 0) is 35.7 Å². The number of likely N-dealkylation sites (tertiary alicyclic amines) is 1. The number of para-hydroxylation sites is 1. The highest BCUT2D eigenvalue weighted by molar-refractivity contribution is 5.93. The van der Waals surface area contributed by atoms with Gasteiger partial charge in [0.1, 0.15) is 5.60 Å². The van der Waals surface area contributed by atoms with Crippen molar-refractivity contribution in [2.45, 2.75) is 24.7 Å². The normalized spacial score (nSPS) is 27.9. The van der Waals surface area contributed by atoms with Crippen molar-refractivity contribution in [2.24, 2.45) is 11.8 Å². The summed E-state index contributed by atoms with van der Waals surface area (Å²) in [7, 11) is 0. The number of benzene rings is 1. The first kappa shape index (κ1) is 19.3. The first-order chi connectivity index (χ1) is 15.6. The quantitative estimate of drug-likeness (QED) is 0.590. The number of ether oxygens (including phenoxy) is 1. The Balaban J connectivity index is 1.15. The molecule has 32 heavy (non-hydrogen) atoms. The van der Waals surface area contributed by atoms with Crippen LogP contribution in [0.4, 0.5) is 0 Å². The molecule has 7 heteroatoms. The van der Waals surface area contributed by atoms with Crippen LogP contribution in [-0.4, -0.2) is 51.5 Å². The molecular formula is C25H24N4O3. The third kappa shape index (κ3) is 2.96. The van der Waals surface area contributed by atoms with Crippen LogP contribution in [0.5, 0.6) is 0 Å². The Labute approximate surface area is 185 Å². The van der Waals surface area contributed by atoms with Crippen LogP contribution in [0.15, 0.2) is 67.1 Å². The predicted octanol–water partition coefficient (Wildman–Crippen LogP) is 2.20. The molecule has 2 amide bonds. The predicted molar refractivity (Wildman–Crippen MR) is 118 cm³/mol. The molecule has 4 atom stereocenters.